The van der Waals surface area contributed by atoms with Crippen molar-refractivity contribution >= 4 is 0 Å². The Balaban J connectivity index is 1.87. The summed E-state index contributed by atoms with van der Waals surface area (Å²) in [5.41, 5.74) is 7.16. The number of aryl methyl sites for hydroxylation is 1. The van der Waals surface area contributed by atoms with Crippen LogP contribution < -0.4 is 4.74 Å². The van der Waals surface area contributed by atoms with E-state index < -0.39 is 0 Å². The number of ether oxygens (including phenoxy) is 1. The zero-order chi connectivity index (χ0) is 19.2. The van der Waals surface area contributed by atoms with Crippen molar-refractivity contribution in [3.05, 3.63) is 114 Å². The third-order valence-corrected chi connectivity index (χ3v) is 5.00. The summed E-state index contributed by atoms with van der Waals surface area (Å²) >= 11 is 0. The van der Waals surface area contributed by atoms with Gasteiger partial charge in [0.1, 0.15) is 12.4 Å². The first-order valence-corrected chi connectivity index (χ1v) is 9.80. The van der Waals surface area contributed by atoms with Crippen molar-refractivity contribution in [1.29, 1.82) is 0 Å². The molecule has 0 spiro atoms. The zero-order valence-corrected chi connectivity index (χ0v) is 16.1. The van der Waals surface area contributed by atoms with Gasteiger partial charge in [0.15, 0.2) is 0 Å². The maximum Gasteiger partial charge on any atom is 0.135 e. The summed E-state index contributed by atoms with van der Waals surface area (Å²) in [5.74, 6) is 0.959. The Hall–Kier alpha value is -3.32. The van der Waals surface area contributed by atoms with E-state index in [4.69, 9.17) is 4.74 Å². The van der Waals surface area contributed by atoms with Crippen LogP contribution in [0.5, 0.6) is 5.75 Å². The minimum absolute atomic E-state index is 0.549. The summed E-state index contributed by atoms with van der Waals surface area (Å²) in [4.78, 5) is 0. The van der Waals surface area contributed by atoms with Crippen LogP contribution in [0, 0.1) is 0 Å². The number of hydrogen-bond donors (Lipinski definition) is 0. The van der Waals surface area contributed by atoms with Gasteiger partial charge >= 0.3 is 0 Å². The first-order valence-electron chi connectivity index (χ1n) is 9.80. The van der Waals surface area contributed by atoms with Gasteiger partial charge in [-0.15, -0.1) is 0 Å². The highest BCUT2D eigenvalue weighted by Gasteiger charge is 2.17. The molecular weight excluding hydrogens is 340 g/mol. The minimum atomic E-state index is 0.549. The monoisotopic (exact) mass is 364 g/mol. The average Bonchev–Trinajstić information content (AvgIpc) is 2.79. The first kappa shape index (κ1) is 18.1. The van der Waals surface area contributed by atoms with Crippen molar-refractivity contribution in [2.24, 2.45) is 0 Å². The van der Waals surface area contributed by atoms with E-state index in [-0.39, 0.29) is 0 Å². The fourth-order valence-electron chi connectivity index (χ4n) is 3.56. The SMILES string of the molecule is CCc1ccc(-c2ccccc2)c(OCc2ccccc2)c1-c1ccccc1. The molecule has 138 valence electrons. The van der Waals surface area contributed by atoms with Crippen LogP contribution in [0.3, 0.4) is 0 Å². The molecule has 0 bridgehead atoms. The average molecular weight is 364 g/mol. The van der Waals surface area contributed by atoms with Gasteiger partial charge in [-0.3, -0.25) is 0 Å². The summed E-state index contributed by atoms with van der Waals surface area (Å²) in [6.45, 7) is 2.75. The predicted molar refractivity (Wildman–Crippen MR) is 117 cm³/mol. The molecule has 0 atom stereocenters. The van der Waals surface area contributed by atoms with E-state index in [9.17, 15) is 0 Å². The molecule has 0 radical (unpaired) electrons. The second-order valence-corrected chi connectivity index (χ2v) is 6.84. The molecule has 0 heterocycles. The normalized spacial score (nSPS) is 10.6. The van der Waals surface area contributed by atoms with Crippen molar-refractivity contribution in [2.45, 2.75) is 20.0 Å². The Morgan fingerprint density at radius 1 is 0.607 bits per heavy atom. The Bertz CT molecular complexity index is 1020. The van der Waals surface area contributed by atoms with Crippen LogP contribution in [0.2, 0.25) is 0 Å². The van der Waals surface area contributed by atoms with Crippen LogP contribution in [0.25, 0.3) is 22.3 Å². The summed E-state index contributed by atoms with van der Waals surface area (Å²) in [7, 11) is 0. The van der Waals surface area contributed by atoms with Crippen LogP contribution in [-0.2, 0) is 13.0 Å². The lowest BCUT2D eigenvalue weighted by molar-refractivity contribution is 0.308. The van der Waals surface area contributed by atoms with Gasteiger partial charge in [0.05, 0.1) is 0 Å². The van der Waals surface area contributed by atoms with Crippen molar-refractivity contribution < 1.29 is 4.74 Å². The summed E-state index contributed by atoms with van der Waals surface area (Å²) in [6, 6.07) is 35.8. The molecular formula is C27H24O. The van der Waals surface area contributed by atoms with Gasteiger partial charge in [-0.2, -0.15) is 0 Å². The van der Waals surface area contributed by atoms with E-state index in [1.54, 1.807) is 0 Å². The molecule has 4 rings (SSSR count). The number of hydrogen-bond acceptors (Lipinski definition) is 1. The van der Waals surface area contributed by atoms with Gasteiger partial charge in [0, 0.05) is 11.1 Å². The lowest BCUT2D eigenvalue weighted by atomic mass is 9.92. The fraction of sp³-hybridized carbons (Fsp3) is 0.111. The molecule has 0 unspecified atom stereocenters. The van der Waals surface area contributed by atoms with E-state index in [0.29, 0.717) is 6.61 Å². The van der Waals surface area contributed by atoms with Crippen LogP contribution >= 0.6 is 0 Å². The Kier molecular flexibility index (Phi) is 5.53. The minimum Gasteiger partial charge on any atom is -0.488 e. The third-order valence-electron chi connectivity index (χ3n) is 5.00. The topological polar surface area (TPSA) is 9.23 Å². The predicted octanol–water partition coefficient (Wildman–Crippen LogP) is 7.16. The molecule has 0 saturated carbocycles. The molecule has 28 heavy (non-hydrogen) atoms. The van der Waals surface area contributed by atoms with Crippen LogP contribution in [0.1, 0.15) is 18.1 Å². The second kappa shape index (κ2) is 8.58. The lowest BCUT2D eigenvalue weighted by Crippen LogP contribution is -2.01. The van der Waals surface area contributed by atoms with Crippen LogP contribution in [-0.4, -0.2) is 0 Å². The van der Waals surface area contributed by atoms with Gasteiger partial charge in [-0.05, 0) is 28.7 Å². The van der Waals surface area contributed by atoms with Crippen LogP contribution in [0.4, 0.5) is 0 Å². The van der Waals surface area contributed by atoms with Crippen molar-refractivity contribution in [1.82, 2.24) is 0 Å². The molecule has 0 fully saturated rings. The smallest absolute Gasteiger partial charge is 0.135 e. The molecule has 4 aromatic carbocycles. The van der Waals surface area contributed by atoms with Gasteiger partial charge in [-0.25, -0.2) is 0 Å². The maximum absolute atomic E-state index is 6.51. The molecule has 0 aliphatic carbocycles. The van der Waals surface area contributed by atoms with Crippen molar-refractivity contribution in [2.75, 3.05) is 0 Å². The molecule has 0 saturated heterocycles. The highest BCUT2D eigenvalue weighted by Crippen LogP contribution is 2.42. The van der Waals surface area contributed by atoms with E-state index in [0.717, 1.165) is 17.7 Å². The standard InChI is InChI=1S/C27H24O/c1-2-22-18-19-25(23-14-8-4-9-15-23)27(26(22)24-16-10-5-11-17-24)28-20-21-12-6-3-7-13-21/h3-19H,2,20H2,1H3. The summed E-state index contributed by atoms with van der Waals surface area (Å²) < 4.78 is 6.51. The van der Waals surface area contributed by atoms with E-state index >= 15 is 0 Å². The number of rotatable bonds is 6. The van der Waals surface area contributed by atoms with Gasteiger partial charge in [-0.1, -0.05) is 110 Å². The quantitative estimate of drug-likeness (QED) is 0.352. The second-order valence-electron chi connectivity index (χ2n) is 6.84. The Morgan fingerprint density at radius 2 is 1.18 bits per heavy atom. The summed E-state index contributed by atoms with van der Waals surface area (Å²) in [5, 5.41) is 0. The molecule has 1 heteroatoms. The van der Waals surface area contributed by atoms with Gasteiger partial charge in [0.25, 0.3) is 0 Å². The van der Waals surface area contributed by atoms with Gasteiger partial charge in [0.2, 0.25) is 0 Å². The van der Waals surface area contributed by atoms with Crippen LogP contribution in [0.15, 0.2) is 103 Å². The molecule has 0 aromatic heterocycles. The highest BCUT2D eigenvalue weighted by molar-refractivity contribution is 5.84. The van der Waals surface area contributed by atoms with Crippen molar-refractivity contribution in [3.63, 3.8) is 0 Å². The third kappa shape index (κ3) is 3.84. The highest BCUT2D eigenvalue weighted by atomic mass is 16.5. The molecule has 1 nitrogen and oxygen atoms in total. The Morgan fingerprint density at radius 3 is 1.79 bits per heavy atom. The molecule has 4 aromatic rings. The maximum atomic E-state index is 6.51. The molecule has 0 N–H and O–H groups in total. The van der Waals surface area contributed by atoms with Crippen molar-refractivity contribution in [3.8, 4) is 28.0 Å². The van der Waals surface area contributed by atoms with E-state index in [1.807, 2.05) is 12.1 Å². The summed E-state index contributed by atoms with van der Waals surface area (Å²) in [6.07, 6.45) is 0.959. The van der Waals surface area contributed by atoms with E-state index in [1.165, 1.54) is 27.8 Å². The first-order chi connectivity index (χ1) is 13.9. The van der Waals surface area contributed by atoms with E-state index in [2.05, 4.69) is 97.9 Å². The molecule has 0 amide bonds. The van der Waals surface area contributed by atoms with Gasteiger partial charge < -0.3 is 4.74 Å². The fourth-order valence-corrected chi connectivity index (χ4v) is 3.56. The number of benzene rings is 4. The molecule has 0 aliphatic heterocycles. The molecule has 0 aliphatic rings. The largest absolute Gasteiger partial charge is 0.488 e. The zero-order valence-electron chi connectivity index (χ0n) is 16.1. The Labute approximate surface area is 167 Å². The lowest BCUT2D eigenvalue weighted by Gasteiger charge is -2.20.